The summed E-state index contributed by atoms with van der Waals surface area (Å²) in [5, 5.41) is 12.3. The van der Waals surface area contributed by atoms with E-state index in [9.17, 15) is 14.7 Å². The van der Waals surface area contributed by atoms with Crippen molar-refractivity contribution in [3.05, 3.63) is 0 Å². The molecule has 2 N–H and O–H groups in total. The minimum absolute atomic E-state index is 0.0170. The summed E-state index contributed by atoms with van der Waals surface area (Å²) in [5.41, 5.74) is -0.793. The minimum atomic E-state index is -0.821. The Bertz CT molecular complexity index is 468. The summed E-state index contributed by atoms with van der Waals surface area (Å²) < 4.78 is 0. The van der Waals surface area contributed by atoms with Gasteiger partial charge < -0.3 is 20.2 Å². The smallest absolute Gasteiger partial charge is 0.317 e. The average Bonchev–Trinajstić information content (AvgIpc) is 2.89. The molecule has 1 aliphatic heterocycles. The van der Waals surface area contributed by atoms with Crippen LogP contribution >= 0.6 is 0 Å². The van der Waals surface area contributed by atoms with Crippen molar-refractivity contribution in [2.45, 2.75) is 51.5 Å². The maximum atomic E-state index is 12.4. The number of urea groups is 1. The predicted octanol–water partition coefficient (Wildman–Crippen LogP) is 2.00. The molecule has 1 saturated carbocycles. The van der Waals surface area contributed by atoms with Crippen LogP contribution in [-0.2, 0) is 4.79 Å². The molecule has 0 aromatic carbocycles. The van der Waals surface area contributed by atoms with Gasteiger partial charge in [0, 0.05) is 25.2 Å². The van der Waals surface area contributed by atoms with E-state index in [1.165, 1.54) is 12.8 Å². The number of carboxylic acids is 1. The van der Waals surface area contributed by atoms with E-state index in [2.05, 4.69) is 31.2 Å². The van der Waals surface area contributed by atoms with Gasteiger partial charge in [0.05, 0.1) is 5.41 Å². The van der Waals surface area contributed by atoms with Crippen molar-refractivity contribution >= 4 is 12.0 Å². The molecule has 1 aliphatic carbocycles. The van der Waals surface area contributed by atoms with Gasteiger partial charge in [0.25, 0.3) is 0 Å². The highest BCUT2D eigenvalue weighted by atomic mass is 16.4. The summed E-state index contributed by atoms with van der Waals surface area (Å²) in [4.78, 5) is 27.6. The van der Waals surface area contributed by atoms with E-state index in [4.69, 9.17) is 0 Å². The van der Waals surface area contributed by atoms with E-state index >= 15 is 0 Å². The van der Waals surface area contributed by atoms with Crippen LogP contribution in [0.25, 0.3) is 0 Å². The normalized spacial score (nSPS) is 34.7. The van der Waals surface area contributed by atoms with Gasteiger partial charge in [-0.3, -0.25) is 4.79 Å². The number of rotatable bonds is 4. The zero-order chi connectivity index (χ0) is 17.3. The molecule has 2 fully saturated rings. The number of carbonyl (C=O) groups excluding carboxylic acids is 1. The molecule has 1 heterocycles. The van der Waals surface area contributed by atoms with Crippen LogP contribution in [0, 0.1) is 11.3 Å². The molecule has 0 spiro atoms. The van der Waals surface area contributed by atoms with E-state index in [-0.39, 0.29) is 11.6 Å². The van der Waals surface area contributed by atoms with Crippen LogP contribution in [0.15, 0.2) is 0 Å². The molecular formula is C17H31N3O3. The third kappa shape index (κ3) is 3.79. The first-order chi connectivity index (χ1) is 10.7. The summed E-state index contributed by atoms with van der Waals surface area (Å²) in [5.74, 6) is -0.149. The number of carboxylic acid groups (broad SMARTS) is 1. The fourth-order valence-corrected chi connectivity index (χ4v) is 4.02. The molecular weight excluding hydrogens is 294 g/mol. The fourth-order valence-electron chi connectivity index (χ4n) is 4.02. The summed E-state index contributed by atoms with van der Waals surface area (Å²) in [6, 6.07) is -0.130. The van der Waals surface area contributed by atoms with Crippen LogP contribution in [0.5, 0.6) is 0 Å². The van der Waals surface area contributed by atoms with Crippen molar-refractivity contribution in [3.8, 4) is 0 Å². The van der Waals surface area contributed by atoms with Gasteiger partial charge in [-0.15, -0.1) is 0 Å². The molecule has 0 aromatic heterocycles. The zero-order valence-electron chi connectivity index (χ0n) is 14.9. The maximum absolute atomic E-state index is 12.4. The van der Waals surface area contributed by atoms with Gasteiger partial charge in [0.15, 0.2) is 0 Å². The Morgan fingerprint density at radius 2 is 2.04 bits per heavy atom. The molecule has 3 atom stereocenters. The SMILES string of the molecule is CC1CCCC(CNC(=O)N2CCC(C)(C(=O)O)C2)(N(C)C)C1. The molecule has 23 heavy (non-hydrogen) atoms. The fraction of sp³-hybridized carbons (Fsp3) is 0.882. The lowest BCUT2D eigenvalue weighted by atomic mass is 9.75. The summed E-state index contributed by atoms with van der Waals surface area (Å²) in [6.07, 6.45) is 5.15. The maximum Gasteiger partial charge on any atom is 0.317 e. The van der Waals surface area contributed by atoms with Crippen molar-refractivity contribution in [2.24, 2.45) is 11.3 Å². The third-order valence-electron chi connectivity index (χ3n) is 5.86. The van der Waals surface area contributed by atoms with Crippen molar-refractivity contribution in [1.82, 2.24) is 15.1 Å². The Labute approximate surface area is 139 Å². The van der Waals surface area contributed by atoms with Crippen molar-refractivity contribution in [3.63, 3.8) is 0 Å². The van der Waals surface area contributed by atoms with Crippen molar-refractivity contribution < 1.29 is 14.7 Å². The highest BCUT2D eigenvalue weighted by molar-refractivity contribution is 5.79. The van der Waals surface area contributed by atoms with E-state index in [1.807, 2.05) is 0 Å². The largest absolute Gasteiger partial charge is 0.481 e. The number of amides is 2. The number of likely N-dealkylation sites (tertiary alicyclic amines) is 1. The lowest BCUT2D eigenvalue weighted by Crippen LogP contribution is -2.56. The summed E-state index contributed by atoms with van der Waals surface area (Å²) in [7, 11) is 4.17. The number of hydrogen-bond acceptors (Lipinski definition) is 3. The highest BCUT2D eigenvalue weighted by Crippen LogP contribution is 2.35. The number of likely N-dealkylation sites (N-methyl/N-ethyl adjacent to an activating group) is 1. The quantitative estimate of drug-likeness (QED) is 0.829. The highest BCUT2D eigenvalue weighted by Gasteiger charge is 2.43. The van der Waals surface area contributed by atoms with Gasteiger partial charge in [-0.2, -0.15) is 0 Å². The first-order valence-corrected chi connectivity index (χ1v) is 8.62. The summed E-state index contributed by atoms with van der Waals surface area (Å²) in [6.45, 7) is 5.42. The van der Waals surface area contributed by atoms with Crippen molar-refractivity contribution in [2.75, 3.05) is 33.7 Å². The second kappa shape index (κ2) is 6.67. The average molecular weight is 325 g/mol. The Morgan fingerprint density at radius 1 is 1.35 bits per heavy atom. The first-order valence-electron chi connectivity index (χ1n) is 8.62. The van der Waals surface area contributed by atoms with Crippen LogP contribution in [0.1, 0.15) is 46.0 Å². The number of nitrogens with one attached hydrogen (secondary N) is 1. The minimum Gasteiger partial charge on any atom is -0.481 e. The first kappa shape index (κ1) is 18.0. The lowest BCUT2D eigenvalue weighted by Gasteiger charge is -2.45. The molecule has 2 amide bonds. The van der Waals surface area contributed by atoms with E-state index in [0.29, 0.717) is 32.0 Å². The number of aliphatic carboxylic acids is 1. The molecule has 0 bridgehead atoms. The Hall–Kier alpha value is -1.30. The standard InChI is InChI=1S/C17H31N3O3/c1-13-6-5-7-17(10-13,19(3)4)11-18-15(23)20-9-8-16(2,12-20)14(21)22/h13H,5-12H2,1-4H3,(H,18,23)(H,21,22). The molecule has 132 valence electrons. The third-order valence-corrected chi connectivity index (χ3v) is 5.86. The Balaban J connectivity index is 1.94. The molecule has 2 rings (SSSR count). The zero-order valence-corrected chi connectivity index (χ0v) is 14.9. The predicted molar refractivity (Wildman–Crippen MR) is 89.4 cm³/mol. The second-order valence-corrected chi connectivity index (χ2v) is 8.02. The van der Waals surface area contributed by atoms with Gasteiger partial charge in [0.1, 0.15) is 0 Å². The van der Waals surface area contributed by atoms with Crippen LogP contribution in [0.4, 0.5) is 4.79 Å². The second-order valence-electron chi connectivity index (χ2n) is 8.02. The van der Waals surface area contributed by atoms with E-state index < -0.39 is 11.4 Å². The Kier molecular flexibility index (Phi) is 5.23. The number of hydrogen-bond donors (Lipinski definition) is 2. The van der Waals surface area contributed by atoms with Gasteiger partial charge in [0.2, 0.25) is 0 Å². The van der Waals surface area contributed by atoms with Crippen LogP contribution in [0.3, 0.4) is 0 Å². The van der Waals surface area contributed by atoms with E-state index in [0.717, 1.165) is 12.8 Å². The molecule has 1 saturated heterocycles. The number of nitrogens with zero attached hydrogens (tertiary/aromatic N) is 2. The Morgan fingerprint density at radius 3 is 2.57 bits per heavy atom. The van der Waals surface area contributed by atoms with Gasteiger partial charge in [-0.1, -0.05) is 19.8 Å². The molecule has 0 aromatic rings. The van der Waals surface area contributed by atoms with Gasteiger partial charge >= 0.3 is 12.0 Å². The lowest BCUT2D eigenvalue weighted by molar-refractivity contribution is -0.147. The summed E-state index contributed by atoms with van der Waals surface area (Å²) >= 11 is 0. The van der Waals surface area contributed by atoms with Crippen LogP contribution in [0.2, 0.25) is 0 Å². The number of carbonyl (C=O) groups is 2. The monoisotopic (exact) mass is 325 g/mol. The van der Waals surface area contributed by atoms with Gasteiger partial charge in [-0.25, -0.2) is 4.79 Å². The molecule has 2 aliphatic rings. The van der Waals surface area contributed by atoms with Gasteiger partial charge in [-0.05, 0) is 46.2 Å². The molecule has 3 unspecified atom stereocenters. The van der Waals surface area contributed by atoms with Crippen molar-refractivity contribution in [1.29, 1.82) is 0 Å². The van der Waals surface area contributed by atoms with Crippen LogP contribution < -0.4 is 5.32 Å². The molecule has 6 nitrogen and oxygen atoms in total. The topological polar surface area (TPSA) is 72.9 Å². The molecule has 6 heteroatoms. The van der Waals surface area contributed by atoms with E-state index in [1.54, 1.807) is 11.8 Å². The molecule has 0 radical (unpaired) electrons. The van der Waals surface area contributed by atoms with Crippen LogP contribution in [-0.4, -0.2) is 66.2 Å².